The van der Waals surface area contributed by atoms with Gasteiger partial charge in [-0.2, -0.15) is 0 Å². The minimum atomic E-state index is -0.358. The van der Waals surface area contributed by atoms with Gasteiger partial charge in [0.1, 0.15) is 6.10 Å². The highest BCUT2D eigenvalue weighted by Crippen LogP contribution is 2.40. The molecule has 96 valence electrons. The van der Waals surface area contributed by atoms with Crippen molar-refractivity contribution >= 4 is 17.4 Å². The first kappa shape index (κ1) is 12.4. The van der Waals surface area contributed by atoms with Crippen LogP contribution in [0.1, 0.15) is 27.6 Å². The van der Waals surface area contributed by atoms with Crippen LogP contribution >= 0.6 is 11.6 Å². The van der Waals surface area contributed by atoms with E-state index in [9.17, 15) is 4.79 Å². The van der Waals surface area contributed by atoms with E-state index < -0.39 is 0 Å². The normalized spacial score (nSPS) is 21.2. The van der Waals surface area contributed by atoms with Crippen LogP contribution in [0.2, 0.25) is 5.02 Å². The Hall–Kier alpha value is -1.64. The topological polar surface area (TPSA) is 29.6 Å². The Labute approximate surface area is 117 Å². The van der Waals surface area contributed by atoms with Gasteiger partial charge in [-0.25, -0.2) is 0 Å². The molecule has 3 heteroatoms. The van der Waals surface area contributed by atoms with Crippen LogP contribution in [0.3, 0.4) is 0 Å². The lowest BCUT2D eigenvalue weighted by atomic mass is 10.0. The van der Waals surface area contributed by atoms with Crippen LogP contribution in [0.25, 0.3) is 0 Å². The molecule has 1 saturated heterocycles. The van der Waals surface area contributed by atoms with E-state index in [2.05, 4.69) is 0 Å². The zero-order valence-electron chi connectivity index (χ0n) is 10.5. The number of hydrogen-bond donors (Lipinski definition) is 0. The standard InChI is InChI=1S/C16H13ClO2/c1-10-2-4-11(5-3-10)14(18)16-15(19-16)12-6-8-13(17)9-7-12/h2-9,15-16H,1H3/t15-,16-/m1/s1. The molecule has 3 rings (SSSR count). The number of carbonyl (C=O) groups excluding carboxylic acids is 1. The smallest absolute Gasteiger partial charge is 0.194 e. The fourth-order valence-corrected chi connectivity index (χ4v) is 2.23. The SMILES string of the molecule is Cc1ccc(C(=O)[C@H]2O[C@@H]2c2ccc(Cl)cc2)cc1. The van der Waals surface area contributed by atoms with E-state index in [1.807, 2.05) is 55.5 Å². The molecule has 0 aromatic heterocycles. The molecule has 2 aromatic carbocycles. The van der Waals surface area contributed by atoms with Gasteiger partial charge in [0.2, 0.25) is 0 Å². The molecule has 0 bridgehead atoms. The maximum Gasteiger partial charge on any atom is 0.194 e. The summed E-state index contributed by atoms with van der Waals surface area (Å²) in [5.41, 5.74) is 2.84. The Morgan fingerprint density at radius 3 is 2.32 bits per heavy atom. The quantitative estimate of drug-likeness (QED) is 0.625. The summed E-state index contributed by atoms with van der Waals surface area (Å²) in [6.45, 7) is 2.00. The molecule has 2 aromatic rings. The average molecular weight is 273 g/mol. The van der Waals surface area contributed by atoms with E-state index in [0.717, 1.165) is 11.1 Å². The average Bonchev–Trinajstić information content (AvgIpc) is 3.20. The van der Waals surface area contributed by atoms with Crippen LogP contribution in [-0.2, 0) is 4.74 Å². The van der Waals surface area contributed by atoms with Crippen molar-refractivity contribution < 1.29 is 9.53 Å². The van der Waals surface area contributed by atoms with Gasteiger partial charge in [-0.05, 0) is 24.6 Å². The van der Waals surface area contributed by atoms with E-state index in [1.165, 1.54) is 0 Å². The third-order valence-corrected chi connectivity index (χ3v) is 3.54. The van der Waals surface area contributed by atoms with Crippen molar-refractivity contribution in [1.29, 1.82) is 0 Å². The van der Waals surface area contributed by atoms with Crippen LogP contribution in [0.4, 0.5) is 0 Å². The lowest BCUT2D eigenvalue weighted by Crippen LogP contribution is -2.08. The van der Waals surface area contributed by atoms with Crippen LogP contribution in [0, 0.1) is 6.92 Å². The Bertz CT molecular complexity index is 602. The minimum Gasteiger partial charge on any atom is -0.356 e. The Morgan fingerprint density at radius 1 is 1.05 bits per heavy atom. The summed E-state index contributed by atoms with van der Waals surface area (Å²) in [7, 11) is 0. The van der Waals surface area contributed by atoms with Gasteiger partial charge < -0.3 is 4.74 Å². The maximum absolute atomic E-state index is 12.2. The lowest BCUT2D eigenvalue weighted by molar-refractivity contribution is 0.0953. The van der Waals surface area contributed by atoms with E-state index in [0.29, 0.717) is 10.6 Å². The number of aryl methyl sites for hydroxylation is 1. The number of Topliss-reactive ketones (excluding diaryl/α,β-unsaturated/α-hetero) is 1. The molecule has 1 aliphatic heterocycles. The fourth-order valence-electron chi connectivity index (χ4n) is 2.10. The van der Waals surface area contributed by atoms with Crippen LogP contribution < -0.4 is 0 Å². The molecule has 1 fully saturated rings. The number of carbonyl (C=O) groups is 1. The number of rotatable bonds is 3. The number of benzene rings is 2. The van der Waals surface area contributed by atoms with Crippen LogP contribution in [0.15, 0.2) is 48.5 Å². The van der Waals surface area contributed by atoms with Gasteiger partial charge in [0.05, 0.1) is 0 Å². The highest BCUT2D eigenvalue weighted by atomic mass is 35.5. The van der Waals surface area contributed by atoms with E-state index >= 15 is 0 Å². The van der Waals surface area contributed by atoms with Gasteiger partial charge in [-0.3, -0.25) is 4.79 Å². The highest BCUT2D eigenvalue weighted by Gasteiger charge is 2.46. The summed E-state index contributed by atoms with van der Waals surface area (Å²) < 4.78 is 5.50. The first-order valence-electron chi connectivity index (χ1n) is 6.17. The predicted octanol–water partition coefficient (Wildman–Crippen LogP) is 3.97. The molecule has 0 spiro atoms. The van der Waals surface area contributed by atoms with E-state index in [-0.39, 0.29) is 18.0 Å². The largest absolute Gasteiger partial charge is 0.356 e. The van der Waals surface area contributed by atoms with Gasteiger partial charge in [0.25, 0.3) is 0 Å². The lowest BCUT2D eigenvalue weighted by Gasteiger charge is -1.99. The molecule has 0 radical (unpaired) electrons. The summed E-state index contributed by atoms with van der Waals surface area (Å²) in [6, 6.07) is 15.0. The molecular weight excluding hydrogens is 260 g/mol. The highest BCUT2D eigenvalue weighted by molar-refractivity contribution is 6.30. The van der Waals surface area contributed by atoms with Crippen molar-refractivity contribution in [3.8, 4) is 0 Å². The van der Waals surface area contributed by atoms with E-state index in [1.54, 1.807) is 0 Å². The van der Waals surface area contributed by atoms with Crippen molar-refractivity contribution in [1.82, 2.24) is 0 Å². The van der Waals surface area contributed by atoms with Crippen molar-refractivity contribution in [2.24, 2.45) is 0 Å². The third-order valence-electron chi connectivity index (χ3n) is 3.28. The second-order valence-electron chi connectivity index (χ2n) is 4.76. The number of ether oxygens (including phenoxy) is 1. The molecule has 0 amide bonds. The van der Waals surface area contributed by atoms with Gasteiger partial charge >= 0.3 is 0 Å². The summed E-state index contributed by atoms with van der Waals surface area (Å²) in [4.78, 5) is 12.2. The van der Waals surface area contributed by atoms with Crippen LogP contribution in [0.5, 0.6) is 0 Å². The molecule has 0 N–H and O–H groups in total. The number of ketones is 1. The predicted molar refractivity (Wildman–Crippen MR) is 74.6 cm³/mol. The zero-order chi connectivity index (χ0) is 13.4. The van der Waals surface area contributed by atoms with Crippen molar-refractivity contribution in [3.63, 3.8) is 0 Å². The number of halogens is 1. The first-order chi connectivity index (χ1) is 9.15. The summed E-state index contributed by atoms with van der Waals surface area (Å²) in [5.74, 6) is 0.0416. The number of hydrogen-bond acceptors (Lipinski definition) is 2. The molecule has 0 saturated carbocycles. The van der Waals surface area contributed by atoms with Crippen molar-refractivity contribution in [2.75, 3.05) is 0 Å². The summed E-state index contributed by atoms with van der Waals surface area (Å²) in [6.07, 6.45) is -0.491. The second kappa shape index (κ2) is 4.80. The van der Waals surface area contributed by atoms with Crippen molar-refractivity contribution in [3.05, 3.63) is 70.2 Å². The molecular formula is C16H13ClO2. The second-order valence-corrected chi connectivity index (χ2v) is 5.20. The molecule has 0 unspecified atom stereocenters. The molecule has 1 heterocycles. The molecule has 0 aliphatic carbocycles. The molecule has 1 aliphatic rings. The molecule has 2 atom stereocenters. The van der Waals surface area contributed by atoms with Crippen LogP contribution in [-0.4, -0.2) is 11.9 Å². The Morgan fingerprint density at radius 2 is 1.68 bits per heavy atom. The van der Waals surface area contributed by atoms with Gasteiger partial charge in [0.15, 0.2) is 11.9 Å². The van der Waals surface area contributed by atoms with Crippen molar-refractivity contribution in [2.45, 2.75) is 19.1 Å². The number of epoxide rings is 1. The summed E-state index contributed by atoms with van der Waals surface area (Å²) >= 11 is 5.84. The Balaban J connectivity index is 1.74. The first-order valence-corrected chi connectivity index (χ1v) is 6.55. The third kappa shape index (κ3) is 2.55. The fraction of sp³-hybridized carbons (Fsp3) is 0.188. The summed E-state index contributed by atoms with van der Waals surface area (Å²) in [5, 5.41) is 0.686. The Kier molecular flexibility index (Phi) is 3.13. The monoisotopic (exact) mass is 272 g/mol. The van der Waals surface area contributed by atoms with Gasteiger partial charge in [-0.1, -0.05) is 53.6 Å². The van der Waals surface area contributed by atoms with E-state index in [4.69, 9.17) is 16.3 Å². The minimum absolute atomic E-state index is 0.0416. The molecule has 2 nitrogen and oxygen atoms in total. The van der Waals surface area contributed by atoms with Gasteiger partial charge in [0, 0.05) is 10.6 Å². The maximum atomic E-state index is 12.2. The van der Waals surface area contributed by atoms with Gasteiger partial charge in [-0.15, -0.1) is 0 Å². The molecule has 19 heavy (non-hydrogen) atoms. The zero-order valence-corrected chi connectivity index (χ0v) is 11.2.